The van der Waals surface area contributed by atoms with E-state index in [2.05, 4.69) is 16.4 Å². The molecule has 3 rings (SSSR count). The molecular weight excluding hydrogens is 212 g/mol. The standard InChI is InChI=1S/C14H9N2O/c1-3-7-11(8-4-1)13-14(16-17-15-13)12-9-5-2-6-10-12/h1,3-10H. The third-order valence-corrected chi connectivity index (χ3v) is 2.53. The maximum atomic E-state index is 4.84. The summed E-state index contributed by atoms with van der Waals surface area (Å²) in [6, 6.07) is 20.4. The fraction of sp³-hybridized carbons (Fsp3) is 0. The van der Waals surface area contributed by atoms with Crippen molar-refractivity contribution in [3.05, 3.63) is 60.7 Å². The topological polar surface area (TPSA) is 38.9 Å². The lowest BCUT2D eigenvalue weighted by molar-refractivity contribution is 0.310. The van der Waals surface area contributed by atoms with Crippen LogP contribution in [0.25, 0.3) is 22.5 Å². The molecule has 0 aliphatic rings. The minimum Gasteiger partial charge on any atom is -0.243 e. The van der Waals surface area contributed by atoms with Crippen LogP contribution in [0.1, 0.15) is 0 Å². The van der Waals surface area contributed by atoms with Crippen molar-refractivity contribution < 1.29 is 4.63 Å². The van der Waals surface area contributed by atoms with Gasteiger partial charge in [-0.05, 0) is 16.4 Å². The molecule has 1 radical (unpaired) electrons. The van der Waals surface area contributed by atoms with Crippen molar-refractivity contribution in [2.75, 3.05) is 0 Å². The Labute approximate surface area is 98.7 Å². The summed E-state index contributed by atoms with van der Waals surface area (Å²) in [5.41, 5.74) is 3.49. The molecule has 0 amide bonds. The van der Waals surface area contributed by atoms with Crippen LogP contribution in [0.2, 0.25) is 0 Å². The molecule has 0 saturated carbocycles. The molecule has 0 N–H and O–H groups in total. The van der Waals surface area contributed by atoms with E-state index in [1.807, 2.05) is 54.6 Å². The minimum absolute atomic E-state index is 0.755. The van der Waals surface area contributed by atoms with Gasteiger partial charge in [-0.1, -0.05) is 54.6 Å². The Morgan fingerprint density at radius 1 is 0.765 bits per heavy atom. The molecule has 3 aromatic rings. The third-order valence-electron chi connectivity index (χ3n) is 2.53. The lowest BCUT2D eigenvalue weighted by Gasteiger charge is -1.98. The van der Waals surface area contributed by atoms with Crippen LogP contribution in [0.5, 0.6) is 0 Å². The summed E-state index contributed by atoms with van der Waals surface area (Å²) in [7, 11) is 0. The molecule has 0 aliphatic carbocycles. The fourth-order valence-corrected chi connectivity index (χ4v) is 1.71. The molecule has 0 fully saturated rings. The van der Waals surface area contributed by atoms with Crippen LogP contribution in [0, 0.1) is 6.07 Å². The Morgan fingerprint density at radius 3 is 2.00 bits per heavy atom. The first-order valence-electron chi connectivity index (χ1n) is 5.29. The van der Waals surface area contributed by atoms with Gasteiger partial charge in [0.2, 0.25) is 0 Å². The van der Waals surface area contributed by atoms with Gasteiger partial charge in [0.1, 0.15) is 11.4 Å². The van der Waals surface area contributed by atoms with Gasteiger partial charge in [-0.3, -0.25) is 0 Å². The highest BCUT2D eigenvalue weighted by molar-refractivity contribution is 5.76. The molecule has 0 aliphatic heterocycles. The van der Waals surface area contributed by atoms with Gasteiger partial charge in [0.25, 0.3) is 0 Å². The molecule has 1 heterocycles. The van der Waals surface area contributed by atoms with Crippen molar-refractivity contribution >= 4 is 0 Å². The van der Waals surface area contributed by atoms with Gasteiger partial charge in [-0.25, -0.2) is 4.63 Å². The van der Waals surface area contributed by atoms with E-state index < -0.39 is 0 Å². The van der Waals surface area contributed by atoms with Gasteiger partial charge in [-0.15, -0.1) is 0 Å². The maximum absolute atomic E-state index is 4.84. The van der Waals surface area contributed by atoms with Crippen molar-refractivity contribution in [1.82, 2.24) is 10.3 Å². The van der Waals surface area contributed by atoms with Crippen LogP contribution < -0.4 is 0 Å². The molecule has 0 atom stereocenters. The second-order valence-corrected chi connectivity index (χ2v) is 3.62. The van der Waals surface area contributed by atoms with E-state index in [0.29, 0.717) is 0 Å². The number of benzene rings is 2. The average molecular weight is 221 g/mol. The highest BCUT2D eigenvalue weighted by atomic mass is 16.6. The normalized spacial score (nSPS) is 10.4. The lowest BCUT2D eigenvalue weighted by atomic mass is 10.1. The first-order valence-corrected chi connectivity index (χ1v) is 5.29. The van der Waals surface area contributed by atoms with E-state index >= 15 is 0 Å². The summed E-state index contributed by atoms with van der Waals surface area (Å²) >= 11 is 0. The average Bonchev–Trinajstić information content (AvgIpc) is 2.90. The zero-order valence-electron chi connectivity index (χ0n) is 9.00. The summed E-state index contributed by atoms with van der Waals surface area (Å²) in [5, 5.41) is 7.93. The van der Waals surface area contributed by atoms with Gasteiger partial charge in [0.05, 0.1) is 0 Å². The zero-order valence-corrected chi connectivity index (χ0v) is 9.00. The van der Waals surface area contributed by atoms with Crippen molar-refractivity contribution in [1.29, 1.82) is 0 Å². The molecule has 0 saturated heterocycles. The van der Waals surface area contributed by atoms with Crippen molar-refractivity contribution in [3.63, 3.8) is 0 Å². The molecule has 0 unspecified atom stereocenters. The Kier molecular flexibility index (Phi) is 2.43. The number of aromatic nitrogens is 2. The molecule has 0 spiro atoms. The van der Waals surface area contributed by atoms with Crippen molar-refractivity contribution in [2.45, 2.75) is 0 Å². The van der Waals surface area contributed by atoms with E-state index in [0.717, 1.165) is 22.5 Å². The first kappa shape index (κ1) is 9.78. The Bertz CT molecular complexity index is 548. The number of nitrogens with zero attached hydrogens (tertiary/aromatic N) is 2. The highest BCUT2D eigenvalue weighted by Crippen LogP contribution is 2.28. The summed E-state index contributed by atoms with van der Waals surface area (Å²) in [6.07, 6.45) is 0. The van der Waals surface area contributed by atoms with E-state index in [-0.39, 0.29) is 0 Å². The molecule has 3 heteroatoms. The van der Waals surface area contributed by atoms with Crippen LogP contribution >= 0.6 is 0 Å². The van der Waals surface area contributed by atoms with Crippen LogP contribution in [-0.2, 0) is 0 Å². The summed E-state index contributed by atoms with van der Waals surface area (Å²) in [4.78, 5) is 0. The lowest BCUT2D eigenvalue weighted by Crippen LogP contribution is -1.83. The Hall–Kier alpha value is -2.42. The molecule has 0 bridgehead atoms. The molecule has 1 aromatic heterocycles. The van der Waals surface area contributed by atoms with Crippen molar-refractivity contribution in [3.8, 4) is 22.5 Å². The monoisotopic (exact) mass is 221 g/mol. The van der Waals surface area contributed by atoms with Gasteiger partial charge >= 0.3 is 0 Å². The van der Waals surface area contributed by atoms with Gasteiger partial charge in [-0.2, -0.15) is 0 Å². The number of hydrogen-bond donors (Lipinski definition) is 0. The molecule has 81 valence electrons. The highest BCUT2D eigenvalue weighted by Gasteiger charge is 2.13. The van der Waals surface area contributed by atoms with E-state index in [1.54, 1.807) is 0 Å². The Morgan fingerprint density at radius 2 is 1.35 bits per heavy atom. The minimum atomic E-state index is 0.755. The smallest absolute Gasteiger partial charge is 0.143 e. The molecular formula is C14H9N2O. The Balaban J connectivity index is 2.13. The van der Waals surface area contributed by atoms with Crippen LogP contribution in [0.3, 0.4) is 0 Å². The summed E-state index contributed by atoms with van der Waals surface area (Å²) < 4.78 is 4.84. The largest absolute Gasteiger partial charge is 0.243 e. The molecule has 17 heavy (non-hydrogen) atoms. The van der Waals surface area contributed by atoms with Gasteiger partial charge < -0.3 is 0 Å². The van der Waals surface area contributed by atoms with Crippen LogP contribution in [0.4, 0.5) is 0 Å². The van der Waals surface area contributed by atoms with E-state index in [4.69, 9.17) is 4.63 Å². The first-order chi connectivity index (χ1) is 8.45. The third kappa shape index (κ3) is 1.83. The number of hydrogen-bond acceptors (Lipinski definition) is 3. The van der Waals surface area contributed by atoms with Crippen LogP contribution in [-0.4, -0.2) is 10.3 Å². The quantitative estimate of drug-likeness (QED) is 0.667. The summed E-state index contributed by atoms with van der Waals surface area (Å²) in [5.74, 6) is 0. The molecule has 2 aromatic carbocycles. The van der Waals surface area contributed by atoms with Gasteiger partial charge in [0, 0.05) is 11.1 Å². The van der Waals surface area contributed by atoms with Crippen molar-refractivity contribution in [2.24, 2.45) is 0 Å². The molecule has 3 nitrogen and oxygen atoms in total. The second-order valence-electron chi connectivity index (χ2n) is 3.62. The summed E-state index contributed by atoms with van der Waals surface area (Å²) in [6.45, 7) is 0. The van der Waals surface area contributed by atoms with Crippen LogP contribution in [0.15, 0.2) is 59.2 Å². The predicted molar refractivity (Wildman–Crippen MR) is 64.0 cm³/mol. The van der Waals surface area contributed by atoms with Gasteiger partial charge in [0.15, 0.2) is 0 Å². The predicted octanol–water partition coefficient (Wildman–Crippen LogP) is 3.20. The van der Waals surface area contributed by atoms with E-state index in [1.165, 1.54) is 0 Å². The fourth-order valence-electron chi connectivity index (χ4n) is 1.71. The zero-order chi connectivity index (χ0) is 11.5. The maximum Gasteiger partial charge on any atom is 0.143 e. The van der Waals surface area contributed by atoms with E-state index in [9.17, 15) is 0 Å². The second kappa shape index (κ2) is 4.22. The number of rotatable bonds is 2. The SMILES string of the molecule is [c]1ccc(-c2nonc2-c2ccccc2)cc1.